The number of aryl methyl sites for hydroxylation is 1. The van der Waals surface area contributed by atoms with Gasteiger partial charge in [-0.3, -0.25) is 4.79 Å². The van der Waals surface area contributed by atoms with Gasteiger partial charge >= 0.3 is 0 Å². The molecule has 1 amide bonds. The SMILES string of the molecule is Cc1c(C(=O)N2CC[NH+](Cc3ccsc3)CC2)oc2ccc(F)cc12. The van der Waals surface area contributed by atoms with Gasteiger partial charge in [-0.1, -0.05) is 0 Å². The Morgan fingerprint density at radius 1 is 1.32 bits per heavy atom. The Hall–Kier alpha value is -2.18. The van der Waals surface area contributed by atoms with E-state index in [0.717, 1.165) is 19.6 Å². The molecule has 1 aromatic carbocycles. The maximum atomic E-state index is 13.4. The van der Waals surface area contributed by atoms with Crippen molar-refractivity contribution in [2.24, 2.45) is 0 Å². The first-order valence-electron chi connectivity index (χ1n) is 8.44. The molecule has 0 atom stereocenters. The first-order chi connectivity index (χ1) is 12.1. The number of nitrogens with one attached hydrogen (secondary N) is 1. The molecule has 3 heterocycles. The number of benzene rings is 1. The van der Waals surface area contributed by atoms with Crippen molar-refractivity contribution >= 4 is 28.2 Å². The van der Waals surface area contributed by atoms with Crippen LogP contribution in [0.5, 0.6) is 0 Å². The number of piperazine rings is 1. The van der Waals surface area contributed by atoms with Crippen molar-refractivity contribution in [2.75, 3.05) is 26.2 Å². The Bertz CT molecular complexity index is 896. The van der Waals surface area contributed by atoms with E-state index < -0.39 is 0 Å². The number of nitrogens with zero attached hydrogens (tertiary/aromatic N) is 1. The van der Waals surface area contributed by atoms with Crippen LogP contribution in [0.25, 0.3) is 11.0 Å². The van der Waals surface area contributed by atoms with Crippen molar-refractivity contribution in [1.82, 2.24) is 4.90 Å². The number of carbonyl (C=O) groups is 1. The van der Waals surface area contributed by atoms with Gasteiger partial charge in [0.05, 0.1) is 26.2 Å². The van der Waals surface area contributed by atoms with Crippen molar-refractivity contribution < 1.29 is 18.5 Å². The van der Waals surface area contributed by atoms with E-state index in [9.17, 15) is 9.18 Å². The summed E-state index contributed by atoms with van der Waals surface area (Å²) in [7, 11) is 0. The predicted octanol–water partition coefficient (Wildman–Crippen LogP) is 2.48. The molecule has 0 radical (unpaired) electrons. The van der Waals surface area contributed by atoms with Gasteiger partial charge in [-0.25, -0.2) is 4.39 Å². The van der Waals surface area contributed by atoms with E-state index in [2.05, 4.69) is 16.8 Å². The van der Waals surface area contributed by atoms with Crippen LogP contribution in [0.15, 0.2) is 39.4 Å². The zero-order valence-corrected chi connectivity index (χ0v) is 14.9. The van der Waals surface area contributed by atoms with Crippen molar-refractivity contribution in [2.45, 2.75) is 13.5 Å². The van der Waals surface area contributed by atoms with E-state index in [0.29, 0.717) is 35.4 Å². The predicted molar refractivity (Wildman–Crippen MR) is 95.5 cm³/mol. The standard InChI is InChI=1S/C19H19FN2O2S/c1-13-16-10-15(20)2-3-17(16)24-18(13)19(23)22-7-5-21(6-8-22)11-14-4-9-25-12-14/h2-4,9-10,12H,5-8,11H2,1H3/p+1. The van der Waals surface area contributed by atoms with Crippen molar-refractivity contribution in [3.8, 4) is 0 Å². The molecule has 130 valence electrons. The number of rotatable bonds is 3. The molecule has 0 saturated carbocycles. The normalized spacial score (nSPS) is 15.8. The molecule has 1 aliphatic heterocycles. The molecule has 1 fully saturated rings. The molecule has 0 bridgehead atoms. The van der Waals surface area contributed by atoms with Gasteiger partial charge in [-0.15, -0.1) is 0 Å². The highest BCUT2D eigenvalue weighted by molar-refractivity contribution is 7.07. The van der Waals surface area contributed by atoms with Gasteiger partial charge < -0.3 is 14.2 Å². The van der Waals surface area contributed by atoms with E-state index in [1.54, 1.807) is 17.4 Å². The maximum Gasteiger partial charge on any atom is 0.290 e. The number of quaternary nitrogens is 1. The van der Waals surface area contributed by atoms with Crippen LogP contribution in [0.4, 0.5) is 4.39 Å². The average molecular weight is 359 g/mol. The zero-order chi connectivity index (χ0) is 17.4. The number of hydrogen-bond donors (Lipinski definition) is 1. The fourth-order valence-electron chi connectivity index (χ4n) is 3.43. The van der Waals surface area contributed by atoms with Crippen LogP contribution < -0.4 is 4.90 Å². The molecule has 0 aliphatic carbocycles. The summed E-state index contributed by atoms with van der Waals surface area (Å²) >= 11 is 1.72. The molecule has 4 rings (SSSR count). The summed E-state index contributed by atoms with van der Waals surface area (Å²) in [4.78, 5) is 16.2. The van der Waals surface area contributed by atoms with Crippen LogP contribution in [0.1, 0.15) is 21.7 Å². The molecule has 4 nitrogen and oxygen atoms in total. The molecule has 25 heavy (non-hydrogen) atoms. The van der Waals surface area contributed by atoms with Gasteiger partial charge in [0, 0.05) is 16.5 Å². The highest BCUT2D eigenvalue weighted by Gasteiger charge is 2.28. The number of carbonyl (C=O) groups excluding carboxylic acids is 1. The molecule has 0 spiro atoms. The third-order valence-corrected chi connectivity index (χ3v) is 5.62. The number of halogens is 1. The fourth-order valence-corrected chi connectivity index (χ4v) is 4.09. The van der Waals surface area contributed by atoms with Gasteiger partial charge in [-0.2, -0.15) is 11.3 Å². The van der Waals surface area contributed by atoms with E-state index in [4.69, 9.17) is 4.42 Å². The average Bonchev–Trinajstić information content (AvgIpc) is 3.23. The topological polar surface area (TPSA) is 37.9 Å². The summed E-state index contributed by atoms with van der Waals surface area (Å²) < 4.78 is 19.2. The second-order valence-electron chi connectivity index (χ2n) is 6.55. The van der Waals surface area contributed by atoms with E-state index in [1.807, 2.05) is 11.8 Å². The number of hydrogen-bond acceptors (Lipinski definition) is 3. The minimum Gasteiger partial charge on any atom is -0.451 e. The van der Waals surface area contributed by atoms with Gasteiger partial charge in [0.1, 0.15) is 17.9 Å². The molecule has 1 saturated heterocycles. The summed E-state index contributed by atoms with van der Waals surface area (Å²) in [6.45, 7) is 6.10. The Morgan fingerprint density at radius 3 is 2.84 bits per heavy atom. The smallest absolute Gasteiger partial charge is 0.290 e. The Labute approximate surface area is 149 Å². The van der Waals surface area contributed by atoms with Crippen LogP contribution in [-0.4, -0.2) is 37.0 Å². The highest BCUT2D eigenvalue weighted by atomic mass is 32.1. The first kappa shape index (κ1) is 16.3. The monoisotopic (exact) mass is 359 g/mol. The zero-order valence-electron chi connectivity index (χ0n) is 14.0. The van der Waals surface area contributed by atoms with Crippen molar-refractivity contribution in [3.05, 3.63) is 57.7 Å². The number of thiophene rings is 1. The molecular weight excluding hydrogens is 339 g/mol. The van der Waals surface area contributed by atoms with Gasteiger partial charge in [0.25, 0.3) is 5.91 Å². The fraction of sp³-hybridized carbons (Fsp3) is 0.316. The third kappa shape index (κ3) is 3.19. The molecule has 6 heteroatoms. The lowest BCUT2D eigenvalue weighted by Crippen LogP contribution is -3.13. The second-order valence-corrected chi connectivity index (χ2v) is 7.33. The van der Waals surface area contributed by atoms with Crippen LogP contribution in [-0.2, 0) is 6.54 Å². The van der Waals surface area contributed by atoms with E-state index in [-0.39, 0.29) is 11.7 Å². The summed E-state index contributed by atoms with van der Waals surface area (Å²) in [5, 5.41) is 4.95. The lowest BCUT2D eigenvalue weighted by Gasteiger charge is -2.31. The van der Waals surface area contributed by atoms with Crippen molar-refractivity contribution in [1.29, 1.82) is 0 Å². The number of furan rings is 1. The highest BCUT2D eigenvalue weighted by Crippen LogP contribution is 2.27. The van der Waals surface area contributed by atoms with Gasteiger partial charge in [-0.05, 0) is 41.9 Å². The van der Waals surface area contributed by atoms with Gasteiger partial charge in [0.2, 0.25) is 0 Å². The first-order valence-corrected chi connectivity index (χ1v) is 9.38. The minimum atomic E-state index is -0.318. The molecule has 0 unspecified atom stereocenters. The van der Waals surface area contributed by atoms with Gasteiger partial charge in [0.15, 0.2) is 5.76 Å². The Balaban J connectivity index is 1.46. The lowest BCUT2D eigenvalue weighted by molar-refractivity contribution is -0.917. The Kier molecular flexibility index (Phi) is 4.31. The van der Waals surface area contributed by atoms with Crippen LogP contribution in [0, 0.1) is 12.7 Å². The number of amides is 1. The van der Waals surface area contributed by atoms with Crippen LogP contribution in [0.3, 0.4) is 0 Å². The van der Waals surface area contributed by atoms with Crippen molar-refractivity contribution in [3.63, 3.8) is 0 Å². The lowest BCUT2D eigenvalue weighted by atomic mass is 10.1. The summed E-state index contributed by atoms with van der Waals surface area (Å²) in [5.41, 5.74) is 2.63. The molecule has 1 N–H and O–H groups in total. The third-order valence-electron chi connectivity index (χ3n) is 4.88. The Morgan fingerprint density at radius 2 is 2.12 bits per heavy atom. The largest absolute Gasteiger partial charge is 0.451 e. The summed E-state index contributed by atoms with van der Waals surface area (Å²) in [6.07, 6.45) is 0. The summed E-state index contributed by atoms with van der Waals surface area (Å²) in [6, 6.07) is 6.52. The molecule has 3 aromatic rings. The van der Waals surface area contributed by atoms with E-state index >= 15 is 0 Å². The minimum absolute atomic E-state index is 0.0938. The second kappa shape index (κ2) is 6.61. The van der Waals surface area contributed by atoms with Crippen LogP contribution >= 0.6 is 11.3 Å². The van der Waals surface area contributed by atoms with Crippen LogP contribution in [0.2, 0.25) is 0 Å². The molecular formula is C19H20FN2O2S+. The quantitative estimate of drug-likeness (QED) is 0.780. The summed E-state index contributed by atoms with van der Waals surface area (Å²) in [5.74, 6) is -0.0772. The molecule has 2 aromatic heterocycles. The maximum absolute atomic E-state index is 13.4. The number of fused-ring (bicyclic) bond motifs is 1. The van der Waals surface area contributed by atoms with E-state index in [1.165, 1.54) is 22.6 Å². The molecule has 1 aliphatic rings.